The van der Waals surface area contributed by atoms with Gasteiger partial charge in [0.05, 0.1) is 7.11 Å². The highest BCUT2D eigenvalue weighted by atomic mass is 16.5. The molecule has 0 aliphatic heterocycles. The number of hydrogen-bond acceptors (Lipinski definition) is 2. The number of nitrogens with one attached hydrogen (secondary N) is 3. The maximum absolute atomic E-state index is 5.18. The Hall–Kier alpha value is -2.95. The molecule has 0 aliphatic carbocycles. The van der Waals surface area contributed by atoms with Crippen molar-refractivity contribution >= 4 is 16.9 Å². The van der Waals surface area contributed by atoms with E-state index in [0.29, 0.717) is 0 Å². The van der Waals surface area contributed by atoms with E-state index >= 15 is 0 Å². The molecule has 3 N–H and O–H groups in total. The highest BCUT2D eigenvalue weighted by molar-refractivity contribution is 5.83. The van der Waals surface area contributed by atoms with Gasteiger partial charge in [-0.3, -0.25) is 4.99 Å². The van der Waals surface area contributed by atoms with Gasteiger partial charge in [0, 0.05) is 37.2 Å². The molecule has 0 atom stereocenters. The van der Waals surface area contributed by atoms with Crippen molar-refractivity contribution in [3.05, 3.63) is 65.9 Å². The number of H-pyrrole nitrogens is 1. The predicted octanol–water partition coefficient (Wildman–Crippen LogP) is 3.47. The molecular formula is C21H26N4O. The van der Waals surface area contributed by atoms with Crippen molar-refractivity contribution in [3.63, 3.8) is 0 Å². The van der Waals surface area contributed by atoms with Crippen molar-refractivity contribution < 1.29 is 4.74 Å². The van der Waals surface area contributed by atoms with Crippen molar-refractivity contribution in [3.8, 4) is 5.75 Å². The molecule has 0 bridgehead atoms. The zero-order chi connectivity index (χ0) is 18.2. The third-order valence-corrected chi connectivity index (χ3v) is 4.43. The van der Waals surface area contributed by atoms with Crippen LogP contribution in [0.25, 0.3) is 10.9 Å². The summed E-state index contributed by atoms with van der Waals surface area (Å²) in [7, 11) is 3.47. The lowest BCUT2D eigenvalue weighted by molar-refractivity contribution is 0.414. The van der Waals surface area contributed by atoms with Crippen LogP contribution in [0.5, 0.6) is 5.75 Å². The third-order valence-electron chi connectivity index (χ3n) is 4.43. The molecule has 1 aromatic heterocycles. The molecule has 1 heterocycles. The van der Waals surface area contributed by atoms with Crippen LogP contribution >= 0.6 is 0 Å². The average molecular weight is 350 g/mol. The van der Waals surface area contributed by atoms with Gasteiger partial charge in [0.15, 0.2) is 5.96 Å². The molecule has 0 fully saturated rings. The zero-order valence-electron chi connectivity index (χ0n) is 15.4. The van der Waals surface area contributed by atoms with Crippen molar-refractivity contribution in [2.75, 3.05) is 20.7 Å². The first kappa shape index (κ1) is 17.9. The molecule has 5 heteroatoms. The van der Waals surface area contributed by atoms with Gasteiger partial charge in [-0.2, -0.15) is 0 Å². The number of rotatable bonds is 7. The minimum absolute atomic E-state index is 0.728. The Morgan fingerprint density at radius 1 is 1.08 bits per heavy atom. The summed E-state index contributed by atoms with van der Waals surface area (Å²) in [6.07, 6.45) is 4.19. The summed E-state index contributed by atoms with van der Waals surface area (Å²) < 4.78 is 5.18. The number of para-hydroxylation sites is 1. The fraction of sp³-hybridized carbons (Fsp3) is 0.286. The number of benzene rings is 2. The van der Waals surface area contributed by atoms with Gasteiger partial charge in [0.25, 0.3) is 0 Å². The van der Waals surface area contributed by atoms with Gasteiger partial charge in [0.1, 0.15) is 5.75 Å². The fourth-order valence-corrected chi connectivity index (χ4v) is 2.97. The van der Waals surface area contributed by atoms with E-state index in [4.69, 9.17) is 4.74 Å². The summed E-state index contributed by atoms with van der Waals surface area (Å²) in [5.41, 5.74) is 3.75. The SMILES string of the molecule is CN=C(NCCCc1c[nH]c2ccccc12)NCc1ccc(OC)cc1. The lowest BCUT2D eigenvalue weighted by Gasteiger charge is -2.12. The molecule has 0 amide bonds. The van der Waals surface area contributed by atoms with Gasteiger partial charge >= 0.3 is 0 Å². The minimum Gasteiger partial charge on any atom is -0.497 e. The monoisotopic (exact) mass is 350 g/mol. The Morgan fingerprint density at radius 2 is 1.88 bits per heavy atom. The van der Waals surface area contributed by atoms with Gasteiger partial charge in [-0.25, -0.2) is 0 Å². The Morgan fingerprint density at radius 3 is 2.65 bits per heavy atom. The molecule has 136 valence electrons. The summed E-state index contributed by atoms with van der Waals surface area (Å²) in [4.78, 5) is 7.62. The first-order valence-electron chi connectivity index (χ1n) is 8.92. The van der Waals surface area contributed by atoms with Crippen LogP contribution in [0.1, 0.15) is 17.5 Å². The van der Waals surface area contributed by atoms with Gasteiger partial charge in [-0.15, -0.1) is 0 Å². The maximum atomic E-state index is 5.18. The Labute approximate surface area is 154 Å². The van der Waals surface area contributed by atoms with Crippen LogP contribution in [0.4, 0.5) is 0 Å². The van der Waals surface area contributed by atoms with Crippen molar-refractivity contribution in [2.45, 2.75) is 19.4 Å². The molecule has 26 heavy (non-hydrogen) atoms. The van der Waals surface area contributed by atoms with Gasteiger partial charge in [-0.1, -0.05) is 30.3 Å². The fourth-order valence-electron chi connectivity index (χ4n) is 2.97. The van der Waals surface area contributed by atoms with E-state index in [9.17, 15) is 0 Å². The molecule has 2 aromatic carbocycles. The molecule has 0 radical (unpaired) electrons. The highest BCUT2D eigenvalue weighted by Gasteiger charge is 2.03. The summed E-state index contributed by atoms with van der Waals surface area (Å²) >= 11 is 0. The van der Waals surface area contributed by atoms with E-state index in [0.717, 1.165) is 37.6 Å². The Kier molecular flexibility index (Phi) is 6.14. The quantitative estimate of drug-likeness (QED) is 0.347. The molecule has 0 unspecified atom stereocenters. The minimum atomic E-state index is 0.728. The topological polar surface area (TPSA) is 61.4 Å². The van der Waals surface area contributed by atoms with Crippen molar-refractivity contribution in [1.82, 2.24) is 15.6 Å². The molecule has 0 saturated heterocycles. The normalized spacial score (nSPS) is 11.5. The van der Waals surface area contributed by atoms with Crippen LogP contribution in [-0.4, -0.2) is 31.6 Å². The standard InChI is InChI=1S/C21H26N4O/c1-22-21(25-14-16-9-11-18(26-2)12-10-16)23-13-5-6-17-15-24-20-8-4-3-7-19(17)20/h3-4,7-12,15,24H,5-6,13-14H2,1-2H3,(H2,22,23,25). The third kappa shape index (κ3) is 4.57. The van der Waals surface area contributed by atoms with E-state index in [1.54, 1.807) is 14.2 Å². The highest BCUT2D eigenvalue weighted by Crippen LogP contribution is 2.18. The number of aromatic nitrogens is 1. The predicted molar refractivity (Wildman–Crippen MR) is 108 cm³/mol. The van der Waals surface area contributed by atoms with E-state index in [2.05, 4.69) is 63.2 Å². The smallest absolute Gasteiger partial charge is 0.191 e. The van der Waals surface area contributed by atoms with E-state index < -0.39 is 0 Å². The van der Waals surface area contributed by atoms with Crippen LogP contribution in [0, 0.1) is 0 Å². The molecule has 0 spiro atoms. The van der Waals surface area contributed by atoms with Gasteiger partial charge in [-0.05, 0) is 42.2 Å². The number of guanidine groups is 1. The van der Waals surface area contributed by atoms with Crippen LogP contribution in [0.15, 0.2) is 59.7 Å². The molecular weight excluding hydrogens is 324 g/mol. The first-order valence-corrected chi connectivity index (χ1v) is 8.92. The number of fused-ring (bicyclic) bond motifs is 1. The number of nitrogens with zero attached hydrogens (tertiary/aromatic N) is 1. The zero-order valence-corrected chi connectivity index (χ0v) is 15.4. The number of aromatic amines is 1. The first-order chi connectivity index (χ1) is 12.8. The lowest BCUT2D eigenvalue weighted by atomic mass is 10.1. The van der Waals surface area contributed by atoms with Crippen LogP contribution < -0.4 is 15.4 Å². The molecule has 5 nitrogen and oxygen atoms in total. The number of aliphatic imine (C=N–C) groups is 1. The van der Waals surface area contributed by atoms with Gasteiger partial charge in [0.2, 0.25) is 0 Å². The van der Waals surface area contributed by atoms with E-state index in [1.807, 2.05) is 12.1 Å². The van der Waals surface area contributed by atoms with Crippen molar-refractivity contribution in [1.29, 1.82) is 0 Å². The van der Waals surface area contributed by atoms with E-state index in [1.165, 1.54) is 22.0 Å². The Bertz CT molecular complexity index is 852. The van der Waals surface area contributed by atoms with Crippen LogP contribution in [0.2, 0.25) is 0 Å². The summed E-state index contributed by atoms with van der Waals surface area (Å²) in [6.45, 7) is 1.61. The second kappa shape index (κ2) is 8.94. The number of ether oxygens (including phenoxy) is 1. The number of hydrogen-bond donors (Lipinski definition) is 3. The second-order valence-electron chi connectivity index (χ2n) is 6.16. The Balaban J connectivity index is 1.42. The maximum Gasteiger partial charge on any atom is 0.191 e. The van der Waals surface area contributed by atoms with Crippen LogP contribution in [-0.2, 0) is 13.0 Å². The summed E-state index contributed by atoms with van der Waals surface area (Å²) in [6, 6.07) is 16.5. The van der Waals surface area contributed by atoms with Gasteiger partial charge < -0.3 is 20.4 Å². The van der Waals surface area contributed by atoms with Crippen molar-refractivity contribution in [2.24, 2.45) is 4.99 Å². The summed E-state index contributed by atoms with van der Waals surface area (Å²) in [5.74, 6) is 1.69. The average Bonchev–Trinajstić information content (AvgIpc) is 3.11. The number of aryl methyl sites for hydroxylation is 1. The molecule has 0 saturated carbocycles. The molecule has 0 aliphatic rings. The molecule has 3 rings (SSSR count). The second-order valence-corrected chi connectivity index (χ2v) is 6.16. The largest absolute Gasteiger partial charge is 0.497 e. The summed E-state index contributed by atoms with van der Waals surface area (Å²) in [5, 5.41) is 8.03. The molecule has 3 aromatic rings. The lowest BCUT2D eigenvalue weighted by Crippen LogP contribution is -2.37. The van der Waals surface area contributed by atoms with Crippen LogP contribution in [0.3, 0.4) is 0 Å². The van der Waals surface area contributed by atoms with E-state index in [-0.39, 0.29) is 0 Å². The number of methoxy groups -OCH3 is 1.